The molecular formula is C9H17NO3. The maximum atomic E-state index is 10.3. The van der Waals surface area contributed by atoms with Gasteiger partial charge in [0.25, 0.3) is 0 Å². The molecule has 76 valence electrons. The fourth-order valence-electron chi connectivity index (χ4n) is 1.72. The first-order chi connectivity index (χ1) is 6.08. The lowest BCUT2D eigenvalue weighted by Crippen LogP contribution is -2.45. The van der Waals surface area contributed by atoms with Crippen LogP contribution in [0.5, 0.6) is 0 Å². The molecule has 0 bridgehead atoms. The van der Waals surface area contributed by atoms with Crippen molar-refractivity contribution < 1.29 is 14.6 Å². The molecule has 4 nitrogen and oxygen atoms in total. The Bertz CT molecular complexity index is 174. The summed E-state index contributed by atoms with van der Waals surface area (Å²) in [6.07, 6.45) is 0.662. The van der Waals surface area contributed by atoms with E-state index in [2.05, 4.69) is 4.90 Å². The number of nitrogens with zero attached hydrogens (tertiary/aromatic N) is 1. The van der Waals surface area contributed by atoms with E-state index in [1.54, 1.807) is 0 Å². The maximum absolute atomic E-state index is 10.3. The number of morpholine rings is 1. The van der Waals surface area contributed by atoms with Crippen LogP contribution >= 0.6 is 0 Å². The Hall–Kier alpha value is -0.610. The van der Waals surface area contributed by atoms with Crippen molar-refractivity contribution in [3.8, 4) is 0 Å². The highest BCUT2D eigenvalue weighted by Crippen LogP contribution is 2.10. The van der Waals surface area contributed by atoms with Crippen LogP contribution in [0.25, 0.3) is 0 Å². The molecule has 0 amide bonds. The van der Waals surface area contributed by atoms with Crippen molar-refractivity contribution in [3.63, 3.8) is 0 Å². The standard InChI is InChI=1S/C9H17NO3/c1-7-5-10(4-3-9(11)12)6-8(2)13-7/h7-8H,3-6H2,1-2H3,(H,11,12). The van der Waals surface area contributed by atoms with Gasteiger partial charge < -0.3 is 9.84 Å². The molecule has 0 saturated carbocycles. The zero-order chi connectivity index (χ0) is 9.84. The van der Waals surface area contributed by atoms with Gasteiger partial charge >= 0.3 is 5.97 Å². The van der Waals surface area contributed by atoms with E-state index < -0.39 is 5.97 Å². The Labute approximate surface area is 78.5 Å². The first-order valence-electron chi connectivity index (χ1n) is 4.67. The van der Waals surface area contributed by atoms with E-state index in [1.807, 2.05) is 13.8 Å². The van der Waals surface area contributed by atoms with E-state index in [0.717, 1.165) is 13.1 Å². The Kier molecular flexibility index (Phi) is 3.69. The van der Waals surface area contributed by atoms with Gasteiger partial charge in [0, 0.05) is 19.6 Å². The van der Waals surface area contributed by atoms with Gasteiger partial charge in [0.1, 0.15) is 0 Å². The summed E-state index contributed by atoms with van der Waals surface area (Å²) < 4.78 is 5.53. The Morgan fingerprint density at radius 2 is 2.00 bits per heavy atom. The van der Waals surface area contributed by atoms with Gasteiger partial charge in [-0.3, -0.25) is 9.69 Å². The molecule has 0 aliphatic carbocycles. The van der Waals surface area contributed by atoms with Gasteiger partial charge in [0.2, 0.25) is 0 Å². The van der Waals surface area contributed by atoms with Gasteiger partial charge in [-0.2, -0.15) is 0 Å². The van der Waals surface area contributed by atoms with Crippen LogP contribution in [0, 0.1) is 0 Å². The van der Waals surface area contributed by atoms with Crippen molar-refractivity contribution in [2.24, 2.45) is 0 Å². The number of hydrogen-bond donors (Lipinski definition) is 1. The lowest BCUT2D eigenvalue weighted by Gasteiger charge is -2.34. The van der Waals surface area contributed by atoms with Crippen LogP contribution in [-0.4, -0.2) is 47.8 Å². The monoisotopic (exact) mass is 187 g/mol. The minimum atomic E-state index is -0.730. The molecule has 1 aliphatic rings. The molecule has 1 saturated heterocycles. The number of aliphatic carboxylic acids is 1. The Morgan fingerprint density at radius 1 is 1.46 bits per heavy atom. The molecule has 1 heterocycles. The molecule has 0 spiro atoms. The van der Waals surface area contributed by atoms with E-state index >= 15 is 0 Å². The van der Waals surface area contributed by atoms with Crippen LogP contribution in [-0.2, 0) is 9.53 Å². The molecule has 0 aromatic heterocycles. The van der Waals surface area contributed by atoms with Gasteiger partial charge in [-0.25, -0.2) is 0 Å². The lowest BCUT2D eigenvalue weighted by atomic mass is 10.2. The van der Waals surface area contributed by atoms with Crippen molar-refractivity contribution in [2.45, 2.75) is 32.5 Å². The average molecular weight is 187 g/mol. The highest BCUT2D eigenvalue weighted by molar-refractivity contribution is 5.66. The summed E-state index contributed by atoms with van der Waals surface area (Å²) in [6.45, 7) is 6.36. The summed E-state index contributed by atoms with van der Waals surface area (Å²) >= 11 is 0. The van der Waals surface area contributed by atoms with Gasteiger partial charge in [-0.1, -0.05) is 0 Å². The Balaban J connectivity index is 2.28. The van der Waals surface area contributed by atoms with Crippen molar-refractivity contribution in [1.29, 1.82) is 0 Å². The molecule has 4 heteroatoms. The largest absolute Gasteiger partial charge is 0.481 e. The minimum absolute atomic E-state index is 0.220. The van der Waals surface area contributed by atoms with Gasteiger partial charge in [-0.15, -0.1) is 0 Å². The molecule has 0 aromatic carbocycles. The summed E-state index contributed by atoms with van der Waals surface area (Å²) in [7, 11) is 0. The third-order valence-electron chi connectivity index (χ3n) is 2.14. The molecule has 1 fully saturated rings. The third-order valence-corrected chi connectivity index (χ3v) is 2.14. The smallest absolute Gasteiger partial charge is 0.304 e. The summed E-state index contributed by atoms with van der Waals surface area (Å²) in [4.78, 5) is 12.5. The predicted molar refractivity (Wildman–Crippen MR) is 48.7 cm³/mol. The number of rotatable bonds is 3. The van der Waals surface area contributed by atoms with E-state index in [-0.39, 0.29) is 18.6 Å². The van der Waals surface area contributed by atoms with Crippen molar-refractivity contribution in [2.75, 3.05) is 19.6 Å². The quantitative estimate of drug-likeness (QED) is 0.701. The van der Waals surface area contributed by atoms with Crippen molar-refractivity contribution >= 4 is 5.97 Å². The van der Waals surface area contributed by atoms with Gasteiger partial charge in [-0.05, 0) is 13.8 Å². The van der Waals surface area contributed by atoms with E-state index in [4.69, 9.17) is 9.84 Å². The second-order valence-electron chi connectivity index (χ2n) is 3.66. The first-order valence-corrected chi connectivity index (χ1v) is 4.67. The van der Waals surface area contributed by atoms with Crippen LogP contribution in [0.2, 0.25) is 0 Å². The normalized spacial score (nSPS) is 30.3. The number of carboxylic acid groups (broad SMARTS) is 1. The van der Waals surface area contributed by atoms with Crippen LogP contribution in [0.3, 0.4) is 0 Å². The van der Waals surface area contributed by atoms with Crippen molar-refractivity contribution in [3.05, 3.63) is 0 Å². The maximum Gasteiger partial charge on any atom is 0.304 e. The molecular weight excluding hydrogens is 170 g/mol. The third kappa shape index (κ3) is 3.74. The minimum Gasteiger partial charge on any atom is -0.481 e. The zero-order valence-electron chi connectivity index (χ0n) is 8.19. The molecule has 1 N–H and O–H groups in total. The van der Waals surface area contributed by atoms with Crippen LogP contribution in [0.4, 0.5) is 0 Å². The molecule has 2 atom stereocenters. The summed E-state index contributed by atoms with van der Waals surface area (Å²) in [5.74, 6) is -0.730. The highest BCUT2D eigenvalue weighted by Gasteiger charge is 2.21. The molecule has 1 rings (SSSR count). The van der Waals surface area contributed by atoms with Crippen LogP contribution in [0.15, 0.2) is 0 Å². The van der Waals surface area contributed by atoms with E-state index in [9.17, 15) is 4.79 Å². The fraction of sp³-hybridized carbons (Fsp3) is 0.889. The predicted octanol–water partition coefficient (Wildman–Crippen LogP) is 0.570. The van der Waals surface area contributed by atoms with Gasteiger partial charge in [0.05, 0.1) is 18.6 Å². The number of carboxylic acids is 1. The second kappa shape index (κ2) is 4.58. The number of hydrogen-bond acceptors (Lipinski definition) is 3. The summed E-state index contributed by atoms with van der Waals surface area (Å²) in [6, 6.07) is 0. The Morgan fingerprint density at radius 3 is 2.46 bits per heavy atom. The number of ether oxygens (including phenoxy) is 1. The topological polar surface area (TPSA) is 49.8 Å². The second-order valence-corrected chi connectivity index (χ2v) is 3.66. The van der Waals surface area contributed by atoms with Gasteiger partial charge in [0.15, 0.2) is 0 Å². The first kappa shape index (κ1) is 10.5. The molecule has 0 aromatic rings. The molecule has 1 aliphatic heterocycles. The van der Waals surface area contributed by atoms with E-state index in [0.29, 0.717) is 6.54 Å². The molecule has 13 heavy (non-hydrogen) atoms. The molecule has 2 unspecified atom stereocenters. The van der Waals surface area contributed by atoms with E-state index in [1.165, 1.54) is 0 Å². The summed E-state index contributed by atoms with van der Waals surface area (Å²) in [5.41, 5.74) is 0. The zero-order valence-corrected chi connectivity index (χ0v) is 8.19. The average Bonchev–Trinajstić information content (AvgIpc) is 1.99. The lowest BCUT2D eigenvalue weighted by molar-refractivity contribution is -0.138. The summed E-state index contributed by atoms with van der Waals surface area (Å²) in [5, 5.41) is 8.52. The van der Waals surface area contributed by atoms with Crippen molar-refractivity contribution in [1.82, 2.24) is 4.90 Å². The van der Waals surface area contributed by atoms with Crippen LogP contribution < -0.4 is 0 Å². The number of carbonyl (C=O) groups is 1. The fourth-order valence-corrected chi connectivity index (χ4v) is 1.72. The molecule has 0 radical (unpaired) electrons. The SMILES string of the molecule is CC1CN(CCC(=O)O)CC(C)O1. The van der Waals surface area contributed by atoms with Crippen LogP contribution in [0.1, 0.15) is 20.3 Å². The highest BCUT2D eigenvalue weighted by atomic mass is 16.5.